The van der Waals surface area contributed by atoms with Gasteiger partial charge >= 0.3 is 0 Å². The Balaban J connectivity index is 1.80. The van der Waals surface area contributed by atoms with Crippen LogP contribution in [0.25, 0.3) is 0 Å². The maximum atomic E-state index is 12.7. The molecule has 110 valence electrons. The number of nitrogens with one attached hydrogen (secondary N) is 1. The normalized spacial score (nSPS) is 27.9. The smallest absolute Gasteiger partial charge is 0.241 e. The van der Waals surface area contributed by atoms with E-state index in [2.05, 4.69) is 40.9 Å². The third-order valence-corrected chi connectivity index (χ3v) is 5.35. The molecule has 2 atom stereocenters. The first-order valence-corrected chi connectivity index (χ1v) is 8.69. The van der Waals surface area contributed by atoms with E-state index in [9.17, 15) is 4.79 Å². The van der Waals surface area contributed by atoms with Gasteiger partial charge in [-0.2, -0.15) is 11.3 Å². The highest BCUT2D eigenvalue weighted by Crippen LogP contribution is 2.33. The largest absolute Gasteiger partial charge is 0.321 e. The minimum absolute atomic E-state index is 0.0266. The second kappa shape index (κ2) is 5.86. The zero-order valence-corrected chi connectivity index (χ0v) is 13.2. The zero-order valence-electron chi connectivity index (χ0n) is 12.3. The van der Waals surface area contributed by atoms with Gasteiger partial charge in [0, 0.05) is 6.54 Å². The first-order valence-electron chi connectivity index (χ1n) is 7.75. The summed E-state index contributed by atoms with van der Waals surface area (Å²) >= 11 is 1.70. The SMILES string of the molecule is CC(C)C1NC(c2ccsc2)N(CC2CCCC2)C1=O. The van der Waals surface area contributed by atoms with E-state index in [1.807, 2.05) is 0 Å². The van der Waals surface area contributed by atoms with E-state index in [4.69, 9.17) is 0 Å². The third-order valence-electron chi connectivity index (χ3n) is 4.65. The van der Waals surface area contributed by atoms with Crippen molar-refractivity contribution in [2.24, 2.45) is 11.8 Å². The van der Waals surface area contributed by atoms with Gasteiger partial charge in [0.05, 0.1) is 6.04 Å². The Kier molecular flexibility index (Phi) is 4.13. The highest BCUT2D eigenvalue weighted by molar-refractivity contribution is 7.07. The topological polar surface area (TPSA) is 32.3 Å². The van der Waals surface area contributed by atoms with Crippen LogP contribution >= 0.6 is 11.3 Å². The van der Waals surface area contributed by atoms with E-state index < -0.39 is 0 Å². The summed E-state index contributed by atoms with van der Waals surface area (Å²) in [5.74, 6) is 1.34. The molecule has 3 nitrogen and oxygen atoms in total. The van der Waals surface area contributed by atoms with Crippen LogP contribution in [-0.4, -0.2) is 23.4 Å². The monoisotopic (exact) mass is 292 g/mol. The van der Waals surface area contributed by atoms with Crippen LogP contribution in [0.2, 0.25) is 0 Å². The van der Waals surface area contributed by atoms with Crippen LogP contribution in [0.15, 0.2) is 16.8 Å². The lowest BCUT2D eigenvalue weighted by atomic mass is 10.0. The Morgan fingerprint density at radius 1 is 1.40 bits per heavy atom. The second-order valence-corrected chi connectivity index (χ2v) is 7.27. The second-order valence-electron chi connectivity index (χ2n) is 6.49. The van der Waals surface area contributed by atoms with Crippen LogP contribution in [0.4, 0.5) is 0 Å². The van der Waals surface area contributed by atoms with Crippen molar-refractivity contribution in [2.75, 3.05) is 6.54 Å². The lowest BCUT2D eigenvalue weighted by Gasteiger charge is -2.26. The molecule has 2 fully saturated rings. The van der Waals surface area contributed by atoms with E-state index in [0.717, 1.165) is 6.54 Å². The van der Waals surface area contributed by atoms with Crippen molar-refractivity contribution in [3.8, 4) is 0 Å². The molecule has 2 unspecified atom stereocenters. The Morgan fingerprint density at radius 2 is 2.15 bits per heavy atom. The molecule has 1 aliphatic heterocycles. The first-order chi connectivity index (χ1) is 9.66. The Hall–Kier alpha value is -0.870. The summed E-state index contributed by atoms with van der Waals surface area (Å²) < 4.78 is 0. The van der Waals surface area contributed by atoms with Crippen molar-refractivity contribution in [2.45, 2.75) is 51.7 Å². The molecule has 4 heteroatoms. The minimum atomic E-state index is -0.0266. The van der Waals surface area contributed by atoms with Gasteiger partial charge in [0.25, 0.3) is 0 Å². The molecule has 2 aliphatic rings. The van der Waals surface area contributed by atoms with E-state index >= 15 is 0 Å². The van der Waals surface area contributed by atoms with Crippen molar-refractivity contribution in [3.63, 3.8) is 0 Å². The van der Waals surface area contributed by atoms with Crippen molar-refractivity contribution in [1.82, 2.24) is 10.2 Å². The fourth-order valence-corrected chi connectivity index (χ4v) is 4.17. The number of thiophene rings is 1. The first kappa shape index (κ1) is 14.1. The van der Waals surface area contributed by atoms with Gasteiger partial charge in [-0.1, -0.05) is 26.7 Å². The van der Waals surface area contributed by atoms with Gasteiger partial charge in [0.15, 0.2) is 0 Å². The molecule has 20 heavy (non-hydrogen) atoms. The summed E-state index contributed by atoms with van der Waals surface area (Å²) in [5.41, 5.74) is 1.24. The number of nitrogens with zero attached hydrogens (tertiary/aromatic N) is 1. The average Bonchev–Trinajstić information content (AvgIpc) is 3.13. The van der Waals surface area contributed by atoms with Gasteiger partial charge in [0.2, 0.25) is 5.91 Å². The van der Waals surface area contributed by atoms with Crippen LogP contribution in [0, 0.1) is 11.8 Å². The predicted molar refractivity (Wildman–Crippen MR) is 82.5 cm³/mol. The van der Waals surface area contributed by atoms with Gasteiger partial charge < -0.3 is 4.90 Å². The van der Waals surface area contributed by atoms with Gasteiger partial charge in [-0.05, 0) is 47.1 Å². The molecule has 0 bridgehead atoms. The fourth-order valence-electron chi connectivity index (χ4n) is 3.49. The summed E-state index contributed by atoms with van der Waals surface area (Å²) in [4.78, 5) is 14.8. The molecule has 0 radical (unpaired) electrons. The molecule has 3 rings (SSSR count). The van der Waals surface area contributed by atoms with Crippen molar-refractivity contribution in [3.05, 3.63) is 22.4 Å². The van der Waals surface area contributed by atoms with Crippen LogP contribution in [0.3, 0.4) is 0 Å². The Bertz CT molecular complexity index is 451. The molecule has 0 aromatic carbocycles. The molecule has 1 amide bonds. The quantitative estimate of drug-likeness (QED) is 0.922. The molecule has 1 aliphatic carbocycles. The van der Waals surface area contributed by atoms with E-state index in [-0.39, 0.29) is 12.2 Å². The maximum Gasteiger partial charge on any atom is 0.241 e. The highest BCUT2D eigenvalue weighted by atomic mass is 32.1. The van der Waals surface area contributed by atoms with Crippen molar-refractivity contribution >= 4 is 17.2 Å². The molecule has 1 saturated heterocycles. The molecule has 0 spiro atoms. The molecular formula is C16H24N2OS. The summed E-state index contributed by atoms with van der Waals surface area (Å²) in [6.07, 6.45) is 5.31. The minimum Gasteiger partial charge on any atom is -0.321 e. The van der Waals surface area contributed by atoms with Crippen LogP contribution in [0.1, 0.15) is 51.3 Å². The van der Waals surface area contributed by atoms with Gasteiger partial charge in [-0.15, -0.1) is 0 Å². The van der Waals surface area contributed by atoms with E-state index in [0.29, 0.717) is 17.7 Å². The highest BCUT2D eigenvalue weighted by Gasteiger charge is 2.41. The molecule has 1 aromatic heterocycles. The van der Waals surface area contributed by atoms with Crippen LogP contribution in [0.5, 0.6) is 0 Å². The van der Waals surface area contributed by atoms with E-state index in [1.54, 1.807) is 11.3 Å². The summed E-state index contributed by atoms with van der Waals surface area (Å²) in [5, 5.41) is 7.81. The summed E-state index contributed by atoms with van der Waals surface area (Å²) in [6, 6.07) is 2.11. The number of carbonyl (C=O) groups excluding carboxylic acids is 1. The van der Waals surface area contributed by atoms with Gasteiger partial charge in [0.1, 0.15) is 6.17 Å². The lowest BCUT2D eigenvalue weighted by Crippen LogP contribution is -2.36. The third kappa shape index (κ3) is 2.63. The van der Waals surface area contributed by atoms with Gasteiger partial charge in [-0.3, -0.25) is 10.1 Å². The average molecular weight is 292 g/mol. The fraction of sp³-hybridized carbons (Fsp3) is 0.688. The Morgan fingerprint density at radius 3 is 2.75 bits per heavy atom. The van der Waals surface area contributed by atoms with Crippen molar-refractivity contribution in [1.29, 1.82) is 0 Å². The number of rotatable bonds is 4. The number of hydrogen-bond acceptors (Lipinski definition) is 3. The summed E-state index contributed by atoms with van der Waals surface area (Å²) in [7, 11) is 0. The predicted octanol–water partition coefficient (Wildman–Crippen LogP) is 3.39. The van der Waals surface area contributed by atoms with Gasteiger partial charge in [-0.25, -0.2) is 0 Å². The molecule has 1 saturated carbocycles. The number of amides is 1. The molecule has 1 N–H and O–H groups in total. The number of carbonyl (C=O) groups is 1. The Labute approximate surface area is 125 Å². The molecular weight excluding hydrogens is 268 g/mol. The lowest BCUT2D eigenvalue weighted by molar-refractivity contribution is -0.131. The molecule has 2 heterocycles. The maximum absolute atomic E-state index is 12.7. The molecule has 1 aromatic rings. The standard InChI is InChI=1S/C16H24N2OS/c1-11(2)14-16(19)18(9-12-5-3-4-6-12)15(17-14)13-7-8-20-10-13/h7-8,10-12,14-15,17H,3-6,9H2,1-2H3. The summed E-state index contributed by atoms with van der Waals surface area (Å²) in [6.45, 7) is 5.17. The zero-order chi connectivity index (χ0) is 14.1. The van der Waals surface area contributed by atoms with E-state index in [1.165, 1.54) is 31.2 Å². The van der Waals surface area contributed by atoms with Crippen LogP contribution in [-0.2, 0) is 4.79 Å². The number of hydrogen-bond donors (Lipinski definition) is 1. The van der Waals surface area contributed by atoms with Crippen molar-refractivity contribution < 1.29 is 4.79 Å². The van der Waals surface area contributed by atoms with Crippen LogP contribution < -0.4 is 5.32 Å².